The van der Waals surface area contributed by atoms with Gasteiger partial charge in [-0.15, -0.1) is 0 Å². The third-order valence-electron chi connectivity index (χ3n) is 3.93. The number of ether oxygens (including phenoxy) is 1. The Bertz CT molecular complexity index is 567. The molecule has 0 aromatic heterocycles. The SMILES string of the molecule is CCCCC#C[C@]1(S(=O)c2ccc(C)cc2)O[C@@H]1CCCC. The van der Waals surface area contributed by atoms with Gasteiger partial charge in [-0.25, -0.2) is 0 Å². The van der Waals surface area contributed by atoms with Crippen LogP contribution in [0.5, 0.6) is 0 Å². The molecule has 1 saturated heterocycles. The Morgan fingerprint density at radius 2 is 1.86 bits per heavy atom. The van der Waals surface area contributed by atoms with Crippen molar-refractivity contribution in [1.29, 1.82) is 0 Å². The molecule has 0 radical (unpaired) electrons. The van der Waals surface area contributed by atoms with Gasteiger partial charge in [0.25, 0.3) is 0 Å². The Hall–Kier alpha value is -1.11. The Labute approximate surface area is 137 Å². The van der Waals surface area contributed by atoms with Gasteiger partial charge in [0, 0.05) is 11.3 Å². The number of rotatable bonds is 7. The molecule has 1 aliphatic heterocycles. The van der Waals surface area contributed by atoms with Gasteiger partial charge in [0.15, 0.2) is 0 Å². The second kappa shape index (κ2) is 7.94. The van der Waals surface area contributed by atoms with E-state index in [1.54, 1.807) is 0 Å². The fraction of sp³-hybridized carbons (Fsp3) is 0.579. The number of benzene rings is 1. The molecule has 1 aromatic rings. The van der Waals surface area contributed by atoms with Crippen LogP contribution in [0.1, 0.15) is 57.9 Å². The maximum atomic E-state index is 13.0. The lowest BCUT2D eigenvalue weighted by molar-refractivity contribution is 0.365. The average molecular weight is 318 g/mol. The summed E-state index contributed by atoms with van der Waals surface area (Å²) in [4.78, 5) is 0.0485. The molecule has 2 nitrogen and oxygen atoms in total. The third kappa shape index (κ3) is 4.00. The minimum atomic E-state index is -1.23. The minimum Gasteiger partial charge on any atom is -0.340 e. The first-order chi connectivity index (χ1) is 10.6. The van der Waals surface area contributed by atoms with E-state index < -0.39 is 15.7 Å². The normalized spacial score (nSPS) is 24.4. The van der Waals surface area contributed by atoms with E-state index in [-0.39, 0.29) is 6.10 Å². The summed E-state index contributed by atoms with van der Waals surface area (Å²) in [5.74, 6) is 6.39. The monoisotopic (exact) mass is 318 g/mol. The first kappa shape index (κ1) is 17.2. The van der Waals surface area contributed by atoms with Crippen LogP contribution in [0.3, 0.4) is 0 Å². The van der Waals surface area contributed by atoms with Crippen molar-refractivity contribution in [2.24, 2.45) is 0 Å². The molecule has 3 atom stereocenters. The summed E-state index contributed by atoms with van der Waals surface area (Å²) in [7, 11) is -1.23. The van der Waals surface area contributed by atoms with E-state index in [0.717, 1.165) is 43.4 Å². The van der Waals surface area contributed by atoms with Gasteiger partial charge in [0.05, 0.1) is 0 Å². The summed E-state index contributed by atoms with van der Waals surface area (Å²) in [5, 5.41) is 0. The van der Waals surface area contributed by atoms with Crippen LogP contribution in [-0.4, -0.2) is 15.2 Å². The molecule has 1 aliphatic rings. The van der Waals surface area contributed by atoms with Crippen molar-refractivity contribution in [3.05, 3.63) is 29.8 Å². The van der Waals surface area contributed by atoms with Crippen molar-refractivity contribution in [3.8, 4) is 11.8 Å². The molecule has 0 amide bonds. The predicted molar refractivity (Wildman–Crippen MR) is 92.0 cm³/mol. The van der Waals surface area contributed by atoms with E-state index in [1.165, 1.54) is 5.56 Å². The van der Waals surface area contributed by atoms with E-state index in [4.69, 9.17) is 4.74 Å². The fourth-order valence-electron chi connectivity index (χ4n) is 2.42. The first-order valence-corrected chi connectivity index (χ1v) is 9.45. The average Bonchev–Trinajstić information content (AvgIpc) is 3.24. The van der Waals surface area contributed by atoms with Crippen molar-refractivity contribution in [2.75, 3.05) is 0 Å². The highest BCUT2D eigenvalue weighted by molar-refractivity contribution is 7.87. The number of unbranched alkanes of at least 4 members (excludes halogenated alkanes) is 3. The predicted octanol–water partition coefficient (Wildman–Crippen LogP) is 4.58. The number of hydrogen-bond acceptors (Lipinski definition) is 2. The highest BCUT2D eigenvalue weighted by Gasteiger charge is 2.60. The maximum absolute atomic E-state index is 13.0. The molecular formula is C19H26O2S. The summed E-state index contributed by atoms with van der Waals surface area (Å²) < 4.78 is 18.8. The van der Waals surface area contributed by atoms with Gasteiger partial charge in [-0.3, -0.25) is 4.21 Å². The molecular weight excluding hydrogens is 292 g/mol. The van der Waals surface area contributed by atoms with E-state index in [0.29, 0.717) is 0 Å². The van der Waals surface area contributed by atoms with Gasteiger partial charge in [-0.05, 0) is 31.9 Å². The van der Waals surface area contributed by atoms with Crippen LogP contribution in [0.25, 0.3) is 0 Å². The van der Waals surface area contributed by atoms with Gasteiger partial charge in [-0.1, -0.05) is 62.6 Å². The van der Waals surface area contributed by atoms with Crippen LogP contribution in [0.15, 0.2) is 29.2 Å². The van der Waals surface area contributed by atoms with Crippen molar-refractivity contribution >= 4 is 10.8 Å². The molecule has 22 heavy (non-hydrogen) atoms. The zero-order valence-corrected chi connectivity index (χ0v) is 14.7. The van der Waals surface area contributed by atoms with Crippen LogP contribution in [0, 0.1) is 18.8 Å². The van der Waals surface area contributed by atoms with E-state index in [2.05, 4.69) is 25.7 Å². The summed E-state index contributed by atoms with van der Waals surface area (Å²) in [6.45, 7) is 6.35. The molecule has 120 valence electrons. The van der Waals surface area contributed by atoms with Crippen LogP contribution in [0.4, 0.5) is 0 Å². The quantitative estimate of drug-likeness (QED) is 0.418. The fourth-order valence-corrected chi connectivity index (χ4v) is 3.88. The number of epoxide rings is 1. The van der Waals surface area contributed by atoms with Crippen molar-refractivity contribution in [3.63, 3.8) is 0 Å². The molecule has 1 unspecified atom stereocenters. The lowest BCUT2D eigenvalue weighted by Gasteiger charge is -2.07. The molecule has 1 aromatic carbocycles. The summed E-state index contributed by atoms with van der Waals surface area (Å²) in [6.07, 6.45) is 6.24. The number of hydrogen-bond donors (Lipinski definition) is 0. The van der Waals surface area contributed by atoms with Gasteiger partial charge in [-0.2, -0.15) is 0 Å². The van der Waals surface area contributed by atoms with E-state index in [9.17, 15) is 4.21 Å². The summed E-state index contributed by atoms with van der Waals surface area (Å²) in [5.41, 5.74) is 1.17. The molecule has 3 heteroatoms. The molecule has 0 bridgehead atoms. The molecule has 0 aliphatic carbocycles. The van der Waals surface area contributed by atoms with Gasteiger partial charge >= 0.3 is 0 Å². The van der Waals surface area contributed by atoms with Crippen LogP contribution in [-0.2, 0) is 15.5 Å². The zero-order valence-electron chi connectivity index (χ0n) is 13.9. The summed E-state index contributed by atoms with van der Waals surface area (Å²) in [6, 6.07) is 7.85. The summed E-state index contributed by atoms with van der Waals surface area (Å²) >= 11 is 0. The van der Waals surface area contributed by atoms with Gasteiger partial charge in [0.2, 0.25) is 4.93 Å². The Morgan fingerprint density at radius 3 is 2.50 bits per heavy atom. The standard InChI is InChI=1S/C19H26O2S/c1-4-6-8-9-15-19(18(21-19)10-7-5-2)22(20)17-13-11-16(3)12-14-17/h11-14,18H,4-8,10H2,1-3H3/t18-,19-,22?/m1/s1. The van der Waals surface area contributed by atoms with Gasteiger partial charge < -0.3 is 4.74 Å². The lowest BCUT2D eigenvalue weighted by atomic mass is 10.1. The second-order valence-corrected chi connectivity index (χ2v) is 7.52. The molecule has 0 N–H and O–H groups in total. The Morgan fingerprint density at radius 1 is 1.18 bits per heavy atom. The second-order valence-electron chi connectivity index (χ2n) is 5.90. The van der Waals surface area contributed by atoms with Crippen molar-refractivity contribution < 1.29 is 8.95 Å². The zero-order chi connectivity index (χ0) is 16.0. The molecule has 0 saturated carbocycles. The first-order valence-electron chi connectivity index (χ1n) is 8.30. The van der Waals surface area contributed by atoms with Crippen molar-refractivity contribution in [2.45, 2.75) is 75.2 Å². The lowest BCUT2D eigenvalue weighted by Crippen LogP contribution is -2.20. The van der Waals surface area contributed by atoms with Crippen LogP contribution < -0.4 is 0 Å². The minimum absolute atomic E-state index is 0.0173. The third-order valence-corrected chi connectivity index (χ3v) is 5.64. The molecule has 0 spiro atoms. The molecule has 1 heterocycles. The topological polar surface area (TPSA) is 29.6 Å². The van der Waals surface area contributed by atoms with Crippen LogP contribution >= 0.6 is 0 Å². The van der Waals surface area contributed by atoms with E-state index in [1.807, 2.05) is 31.2 Å². The van der Waals surface area contributed by atoms with Crippen LogP contribution in [0.2, 0.25) is 0 Å². The van der Waals surface area contributed by atoms with E-state index >= 15 is 0 Å². The van der Waals surface area contributed by atoms with Gasteiger partial charge in [0.1, 0.15) is 16.9 Å². The molecule has 1 fully saturated rings. The molecule has 2 rings (SSSR count). The highest BCUT2D eigenvalue weighted by Crippen LogP contribution is 2.44. The van der Waals surface area contributed by atoms with Crippen molar-refractivity contribution in [1.82, 2.24) is 0 Å². The number of aryl methyl sites for hydroxylation is 1. The maximum Gasteiger partial charge on any atom is 0.235 e. The smallest absolute Gasteiger partial charge is 0.235 e. The largest absolute Gasteiger partial charge is 0.340 e. The Kier molecular flexibility index (Phi) is 6.23. The Balaban J connectivity index is 2.15. The highest BCUT2D eigenvalue weighted by atomic mass is 32.2.